The molecule has 1 aromatic rings. The molecule has 18 heavy (non-hydrogen) atoms. The van der Waals surface area contributed by atoms with Gasteiger partial charge in [0.15, 0.2) is 0 Å². The number of hydrogen-bond donors (Lipinski definition) is 3. The predicted molar refractivity (Wildman–Crippen MR) is 75.0 cm³/mol. The van der Waals surface area contributed by atoms with Gasteiger partial charge in [0, 0.05) is 19.3 Å². The van der Waals surface area contributed by atoms with Gasteiger partial charge in [0.05, 0.1) is 10.2 Å². The molecule has 1 rings (SSSR count). The number of anilines is 2. The fourth-order valence-corrected chi connectivity index (χ4v) is 1.84. The minimum Gasteiger partial charge on any atom is -0.368 e. The molecule has 0 fully saturated rings. The van der Waals surface area contributed by atoms with Crippen LogP contribution in [0.25, 0.3) is 0 Å². The van der Waals surface area contributed by atoms with Crippen LogP contribution >= 0.6 is 15.9 Å². The van der Waals surface area contributed by atoms with Crippen LogP contribution < -0.4 is 15.8 Å². The molecule has 0 spiro atoms. The van der Waals surface area contributed by atoms with Crippen molar-refractivity contribution in [2.45, 2.75) is 13.3 Å². The van der Waals surface area contributed by atoms with Crippen molar-refractivity contribution in [2.24, 2.45) is 5.14 Å². The van der Waals surface area contributed by atoms with Crippen LogP contribution in [0, 0.1) is 0 Å². The van der Waals surface area contributed by atoms with Crippen LogP contribution in [0.4, 0.5) is 11.8 Å². The number of nitrogens with zero attached hydrogens (tertiary/aromatic N) is 2. The van der Waals surface area contributed by atoms with Crippen molar-refractivity contribution in [3.63, 3.8) is 0 Å². The Morgan fingerprint density at radius 1 is 1.39 bits per heavy atom. The maximum Gasteiger partial charge on any atom is 0.224 e. The zero-order valence-corrected chi connectivity index (χ0v) is 12.4. The Labute approximate surface area is 115 Å². The summed E-state index contributed by atoms with van der Waals surface area (Å²) in [6.07, 6.45) is 2.57. The minimum absolute atomic E-state index is 0.152. The molecule has 0 amide bonds. The number of rotatable bonds is 7. The van der Waals surface area contributed by atoms with Crippen LogP contribution in [0.3, 0.4) is 0 Å². The summed E-state index contributed by atoms with van der Waals surface area (Å²) in [4.78, 5) is 8.29. The average molecular weight is 338 g/mol. The molecule has 9 heteroatoms. The second kappa shape index (κ2) is 6.86. The number of sulfonamides is 1. The van der Waals surface area contributed by atoms with Crippen LogP contribution in [-0.2, 0) is 10.0 Å². The Morgan fingerprint density at radius 3 is 2.72 bits per heavy atom. The highest BCUT2D eigenvalue weighted by molar-refractivity contribution is 9.10. The maximum atomic E-state index is 10.8. The third-order valence-electron chi connectivity index (χ3n) is 1.96. The highest BCUT2D eigenvalue weighted by Gasteiger charge is 2.06. The molecule has 0 aliphatic heterocycles. The molecule has 0 saturated carbocycles. The number of primary sulfonamides is 1. The van der Waals surface area contributed by atoms with Crippen molar-refractivity contribution in [3.05, 3.63) is 10.7 Å². The molecular weight excluding hydrogens is 322 g/mol. The summed E-state index contributed by atoms with van der Waals surface area (Å²) in [7, 11) is -3.47. The third kappa shape index (κ3) is 5.61. The monoisotopic (exact) mass is 337 g/mol. The van der Waals surface area contributed by atoms with Gasteiger partial charge in [0.25, 0.3) is 0 Å². The first-order valence-electron chi connectivity index (χ1n) is 5.43. The molecule has 7 nitrogen and oxygen atoms in total. The maximum absolute atomic E-state index is 10.8. The fraction of sp³-hybridized carbons (Fsp3) is 0.556. The van der Waals surface area contributed by atoms with E-state index in [1.807, 2.05) is 6.92 Å². The fourth-order valence-electron chi connectivity index (χ4n) is 1.12. The zero-order valence-electron chi connectivity index (χ0n) is 9.98. The van der Waals surface area contributed by atoms with Crippen molar-refractivity contribution < 1.29 is 8.42 Å². The standard InChI is InChI=1S/C9H16BrN5O2S/c1-2-3-13-9-14-6-7(10)8(15-9)12-4-5-18(11,16)17/h6H,2-5H2,1H3,(H2,11,16,17)(H2,12,13,14,15). The smallest absolute Gasteiger partial charge is 0.224 e. The highest BCUT2D eigenvalue weighted by atomic mass is 79.9. The first kappa shape index (κ1) is 15.1. The summed E-state index contributed by atoms with van der Waals surface area (Å²) in [6, 6.07) is 0. The Bertz CT molecular complexity index is 494. The molecule has 0 bridgehead atoms. The molecule has 0 atom stereocenters. The van der Waals surface area contributed by atoms with Crippen LogP contribution in [0.2, 0.25) is 0 Å². The molecule has 0 aliphatic carbocycles. The van der Waals surface area contributed by atoms with Crippen molar-refractivity contribution in [1.29, 1.82) is 0 Å². The van der Waals surface area contributed by atoms with E-state index in [-0.39, 0.29) is 12.3 Å². The van der Waals surface area contributed by atoms with Gasteiger partial charge in [-0.25, -0.2) is 18.5 Å². The van der Waals surface area contributed by atoms with Gasteiger partial charge in [-0.05, 0) is 22.4 Å². The number of nitrogens with one attached hydrogen (secondary N) is 2. The number of nitrogens with two attached hydrogens (primary N) is 1. The average Bonchev–Trinajstić information content (AvgIpc) is 2.28. The molecule has 0 aromatic carbocycles. The minimum atomic E-state index is -3.47. The van der Waals surface area contributed by atoms with Crippen molar-refractivity contribution in [3.8, 4) is 0 Å². The largest absolute Gasteiger partial charge is 0.368 e. The summed E-state index contributed by atoms with van der Waals surface area (Å²) in [5.41, 5.74) is 0. The lowest BCUT2D eigenvalue weighted by atomic mass is 10.5. The van der Waals surface area contributed by atoms with E-state index < -0.39 is 10.0 Å². The molecule has 4 N–H and O–H groups in total. The molecule has 1 aromatic heterocycles. The molecule has 0 saturated heterocycles. The van der Waals surface area contributed by atoms with Gasteiger partial charge < -0.3 is 10.6 Å². The van der Waals surface area contributed by atoms with Gasteiger partial charge in [-0.3, -0.25) is 0 Å². The van der Waals surface area contributed by atoms with Crippen molar-refractivity contribution in [1.82, 2.24) is 9.97 Å². The summed E-state index contributed by atoms with van der Waals surface area (Å²) in [5.74, 6) is 0.881. The lowest BCUT2D eigenvalue weighted by molar-refractivity contribution is 0.598. The molecule has 0 radical (unpaired) electrons. The van der Waals surface area contributed by atoms with E-state index in [0.29, 0.717) is 16.2 Å². The number of aromatic nitrogens is 2. The van der Waals surface area contributed by atoms with Crippen LogP contribution in [0.15, 0.2) is 10.7 Å². The quantitative estimate of drug-likeness (QED) is 0.677. The van der Waals surface area contributed by atoms with Crippen LogP contribution in [0.5, 0.6) is 0 Å². The Morgan fingerprint density at radius 2 is 2.11 bits per heavy atom. The van der Waals surface area contributed by atoms with E-state index in [0.717, 1.165) is 13.0 Å². The topological polar surface area (TPSA) is 110 Å². The lowest BCUT2D eigenvalue weighted by Crippen LogP contribution is -2.22. The SMILES string of the molecule is CCCNc1ncc(Br)c(NCCS(N)(=O)=O)n1. The summed E-state index contributed by atoms with van der Waals surface area (Å²) in [6.45, 7) is 3.01. The first-order valence-corrected chi connectivity index (χ1v) is 7.94. The van der Waals surface area contributed by atoms with Gasteiger partial charge >= 0.3 is 0 Å². The van der Waals surface area contributed by atoms with E-state index in [1.165, 1.54) is 0 Å². The Hall–Kier alpha value is -0.930. The summed E-state index contributed by atoms with van der Waals surface area (Å²) < 4.78 is 22.3. The summed E-state index contributed by atoms with van der Waals surface area (Å²) in [5, 5.41) is 10.8. The van der Waals surface area contributed by atoms with Gasteiger partial charge in [-0.15, -0.1) is 0 Å². The van der Waals surface area contributed by atoms with Crippen LogP contribution in [0.1, 0.15) is 13.3 Å². The van der Waals surface area contributed by atoms with E-state index in [1.54, 1.807) is 6.20 Å². The first-order chi connectivity index (χ1) is 8.42. The molecular formula is C9H16BrN5O2S. The molecule has 0 aliphatic rings. The van der Waals surface area contributed by atoms with Crippen LogP contribution in [-0.4, -0.2) is 37.2 Å². The lowest BCUT2D eigenvalue weighted by Gasteiger charge is -2.09. The van der Waals surface area contributed by atoms with E-state index >= 15 is 0 Å². The van der Waals surface area contributed by atoms with Crippen molar-refractivity contribution in [2.75, 3.05) is 29.5 Å². The summed E-state index contributed by atoms with van der Waals surface area (Å²) >= 11 is 3.28. The number of halogens is 1. The number of hydrogen-bond acceptors (Lipinski definition) is 6. The highest BCUT2D eigenvalue weighted by Crippen LogP contribution is 2.19. The molecule has 1 heterocycles. The van der Waals surface area contributed by atoms with Gasteiger partial charge in [0.1, 0.15) is 5.82 Å². The normalized spacial score (nSPS) is 11.3. The zero-order chi connectivity index (χ0) is 13.6. The Kier molecular flexibility index (Phi) is 5.76. The van der Waals surface area contributed by atoms with Crippen molar-refractivity contribution >= 4 is 37.7 Å². The predicted octanol–water partition coefficient (Wildman–Crippen LogP) is 0.761. The molecule has 102 valence electrons. The van der Waals surface area contributed by atoms with Gasteiger partial charge in [-0.1, -0.05) is 6.92 Å². The molecule has 0 unspecified atom stereocenters. The Balaban J connectivity index is 2.63. The second-order valence-corrected chi connectivity index (χ2v) is 6.20. The van der Waals surface area contributed by atoms with Gasteiger partial charge in [-0.2, -0.15) is 4.98 Å². The van der Waals surface area contributed by atoms with Gasteiger partial charge in [0.2, 0.25) is 16.0 Å². The van der Waals surface area contributed by atoms with E-state index in [4.69, 9.17) is 5.14 Å². The third-order valence-corrected chi connectivity index (χ3v) is 3.31. The second-order valence-electron chi connectivity index (χ2n) is 3.61. The van der Waals surface area contributed by atoms with E-state index in [9.17, 15) is 8.42 Å². The van der Waals surface area contributed by atoms with E-state index in [2.05, 4.69) is 36.5 Å².